The molecule has 2 fully saturated rings. The van der Waals surface area contributed by atoms with Crippen molar-refractivity contribution in [1.82, 2.24) is 25.1 Å². The summed E-state index contributed by atoms with van der Waals surface area (Å²) in [6, 6.07) is 0. The first-order valence-electron chi connectivity index (χ1n) is 11.7. The summed E-state index contributed by atoms with van der Waals surface area (Å²) in [4.78, 5) is 24.1. The molecular formula is C22H34N6O2S. The van der Waals surface area contributed by atoms with Crippen LogP contribution in [0.1, 0.15) is 51.9 Å². The lowest BCUT2D eigenvalue weighted by Gasteiger charge is -2.28. The van der Waals surface area contributed by atoms with Gasteiger partial charge in [0, 0.05) is 26.1 Å². The second kappa shape index (κ2) is 11.1. The van der Waals surface area contributed by atoms with E-state index in [1.54, 1.807) is 11.8 Å². The summed E-state index contributed by atoms with van der Waals surface area (Å²) in [7, 11) is 0. The molecule has 0 atom stereocenters. The first-order valence-corrected chi connectivity index (χ1v) is 12.7. The maximum atomic E-state index is 12.3. The second-order valence-electron chi connectivity index (χ2n) is 8.36. The number of ether oxygens (including phenoxy) is 1. The summed E-state index contributed by atoms with van der Waals surface area (Å²) in [5.41, 5.74) is 0.837. The molecule has 170 valence electrons. The van der Waals surface area contributed by atoms with Gasteiger partial charge in [-0.1, -0.05) is 50.8 Å². The molecule has 9 heteroatoms. The fraction of sp³-hybridized carbons (Fsp3) is 0.727. The number of nitrogens with zero attached hydrogens (tertiary/aromatic N) is 5. The predicted octanol–water partition coefficient (Wildman–Crippen LogP) is 3.25. The molecule has 0 aromatic carbocycles. The van der Waals surface area contributed by atoms with E-state index < -0.39 is 0 Å². The molecule has 0 radical (unpaired) electrons. The number of anilines is 1. The van der Waals surface area contributed by atoms with Crippen LogP contribution in [-0.2, 0) is 16.1 Å². The van der Waals surface area contributed by atoms with E-state index in [9.17, 15) is 4.79 Å². The van der Waals surface area contributed by atoms with Gasteiger partial charge in [-0.15, -0.1) is 0 Å². The average Bonchev–Trinajstić information content (AvgIpc) is 3.21. The minimum Gasteiger partial charge on any atom is -0.378 e. The Morgan fingerprint density at radius 2 is 2.03 bits per heavy atom. The minimum absolute atomic E-state index is 0.146. The summed E-state index contributed by atoms with van der Waals surface area (Å²) in [5, 5.41) is 9.37. The molecule has 1 aliphatic heterocycles. The van der Waals surface area contributed by atoms with Crippen LogP contribution in [0.15, 0.2) is 11.4 Å². The molecule has 31 heavy (non-hydrogen) atoms. The van der Waals surface area contributed by atoms with Crippen molar-refractivity contribution < 1.29 is 9.53 Å². The van der Waals surface area contributed by atoms with Crippen molar-refractivity contribution in [3.05, 3.63) is 6.20 Å². The Labute approximate surface area is 188 Å². The van der Waals surface area contributed by atoms with Gasteiger partial charge in [-0.25, -0.2) is 14.6 Å². The number of hydrogen-bond donors (Lipinski definition) is 1. The lowest BCUT2D eigenvalue weighted by Crippen LogP contribution is -2.37. The monoisotopic (exact) mass is 446 g/mol. The third-order valence-electron chi connectivity index (χ3n) is 6.19. The van der Waals surface area contributed by atoms with Crippen molar-refractivity contribution in [1.29, 1.82) is 0 Å². The maximum Gasteiger partial charge on any atom is 0.220 e. The van der Waals surface area contributed by atoms with Gasteiger partial charge in [0.25, 0.3) is 0 Å². The highest BCUT2D eigenvalue weighted by Gasteiger charge is 2.20. The lowest BCUT2D eigenvalue weighted by atomic mass is 9.86. The quantitative estimate of drug-likeness (QED) is 0.467. The van der Waals surface area contributed by atoms with Gasteiger partial charge in [0.05, 0.1) is 31.3 Å². The molecule has 2 aromatic rings. The number of thioether (sulfide) groups is 1. The van der Waals surface area contributed by atoms with Crippen LogP contribution in [0.2, 0.25) is 0 Å². The van der Waals surface area contributed by atoms with E-state index >= 15 is 0 Å². The maximum absolute atomic E-state index is 12.3. The highest BCUT2D eigenvalue weighted by atomic mass is 32.2. The summed E-state index contributed by atoms with van der Waals surface area (Å²) in [6.45, 7) is 6.34. The molecule has 0 bridgehead atoms. The Morgan fingerprint density at radius 1 is 1.23 bits per heavy atom. The highest BCUT2D eigenvalue weighted by Crippen LogP contribution is 2.28. The number of rotatable bonds is 9. The number of amides is 1. The molecule has 1 saturated carbocycles. The van der Waals surface area contributed by atoms with Gasteiger partial charge in [0.2, 0.25) is 5.91 Å². The van der Waals surface area contributed by atoms with Crippen molar-refractivity contribution in [2.45, 2.75) is 63.6 Å². The summed E-state index contributed by atoms with van der Waals surface area (Å²) < 4.78 is 7.39. The molecule has 1 N–H and O–H groups in total. The topological polar surface area (TPSA) is 85.2 Å². The number of nitrogens with one attached hydrogen (secondary N) is 1. The summed E-state index contributed by atoms with van der Waals surface area (Å²) in [5.74, 6) is 2.73. The SMILES string of the molecule is CCSc1nc(N2CCOCC2)c2cnn(CCNC(=O)CCC3CCCCC3)c2n1. The Hall–Kier alpha value is -1.87. The number of morpholine rings is 1. The number of aromatic nitrogens is 4. The van der Waals surface area contributed by atoms with Gasteiger partial charge in [-0.2, -0.15) is 5.10 Å². The second-order valence-corrected chi connectivity index (χ2v) is 9.59. The molecule has 0 unspecified atom stereocenters. The zero-order valence-corrected chi connectivity index (χ0v) is 19.3. The number of carbonyl (C=O) groups is 1. The van der Waals surface area contributed by atoms with E-state index in [1.807, 2.05) is 10.9 Å². The van der Waals surface area contributed by atoms with Gasteiger partial charge < -0.3 is 15.0 Å². The molecule has 3 heterocycles. The Bertz CT molecular complexity index is 861. The van der Waals surface area contributed by atoms with Crippen LogP contribution in [0.25, 0.3) is 11.0 Å². The van der Waals surface area contributed by atoms with E-state index in [1.165, 1.54) is 32.1 Å². The number of carbonyl (C=O) groups excluding carboxylic acids is 1. The Balaban J connectivity index is 1.38. The van der Waals surface area contributed by atoms with Crippen LogP contribution in [-0.4, -0.2) is 64.3 Å². The molecule has 0 spiro atoms. The first kappa shape index (κ1) is 22.3. The fourth-order valence-corrected chi connectivity index (χ4v) is 5.06. The van der Waals surface area contributed by atoms with Crippen LogP contribution in [0, 0.1) is 5.92 Å². The summed E-state index contributed by atoms with van der Waals surface area (Å²) >= 11 is 1.64. The van der Waals surface area contributed by atoms with Crippen LogP contribution >= 0.6 is 11.8 Å². The normalized spacial score (nSPS) is 17.9. The van der Waals surface area contributed by atoms with Crippen molar-refractivity contribution in [3.63, 3.8) is 0 Å². The molecule has 1 amide bonds. The zero-order valence-electron chi connectivity index (χ0n) is 18.5. The highest BCUT2D eigenvalue weighted by molar-refractivity contribution is 7.99. The fourth-order valence-electron chi connectivity index (χ4n) is 4.50. The van der Waals surface area contributed by atoms with Gasteiger partial charge in [-0.05, 0) is 18.1 Å². The van der Waals surface area contributed by atoms with Crippen molar-refractivity contribution >= 4 is 34.5 Å². The molecule has 4 rings (SSSR count). The third-order valence-corrected chi connectivity index (χ3v) is 6.92. The molecule has 2 aromatic heterocycles. The van der Waals surface area contributed by atoms with Crippen molar-refractivity contribution in [2.24, 2.45) is 5.92 Å². The minimum atomic E-state index is 0.146. The zero-order chi connectivity index (χ0) is 21.5. The Morgan fingerprint density at radius 3 is 2.81 bits per heavy atom. The van der Waals surface area contributed by atoms with E-state index in [0.29, 0.717) is 32.7 Å². The van der Waals surface area contributed by atoms with Crippen molar-refractivity contribution in [2.75, 3.05) is 43.5 Å². The van der Waals surface area contributed by atoms with E-state index in [-0.39, 0.29) is 5.91 Å². The van der Waals surface area contributed by atoms with Gasteiger partial charge in [0.15, 0.2) is 10.8 Å². The lowest BCUT2D eigenvalue weighted by molar-refractivity contribution is -0.121. The van der Waals surface area contributed by atoms with E-state index in [4.69, 9.17) is 14.7 Å². The van der Waals surface area contributed by atoms with Crippen LogP contribution < -0.4 is 10.2 Å². The smallest absolute Gasteiger partial charge is 0.220 e. The molecular weight excluding hydrogens is 412 g/mol. The average molecular weight is 447 g/mol. The van der Waals surface area contributed by atoms with E-state index in [2.05, 4.69) is 22.2 Å². The van der Waals surface area contributed by atoms with Crippen LogP contribution in [0.3, 0.4) is 0 Å². The summed E-state index contributed by atoms with van der Waals surface area (Å²) in [6.07, 6.45) is 10.1. The molecule has 8 nitrogen and oxygen atoms in total. The third kappa shape index (κ3) is 5.88. The number of fused-ring (bicyclic) bond motifs is 1. The van der Waals surface area contributed by atoms with Gasteiger partial charge in [0.1, 0.15) is 5.82 Å². The molecule has 2 aliphatic rings. The molecule has 1 saturated heterocycles. The van der Waals surface area contributed by atoms with Gasteiger partial charge in [-0.3, -0.25) is 4.79 Å². The predicted molar refractivity (Wildman–Crippen MR) is 124 cm³/mol. The standard InChI is InChI=1S/C22H34N6O2S/c1-2-31-22-25-20(27-12-14-30-15-13-27)18-16-24-28(21(18)26-22)11-10-23-19(29)9-8-17-6-4-3-5-7-17/h16-17H,2-15H2,1H3,(H,23,29). The first-order chi connectivity index (χ1) is 15.2. The van der Waals surface area contributed by atoms with E-state index in [0.717, 1.165) is 53.2 Å². The molecule has 1 aliphatic carbocycles. The van der Waals surface area contributed by atoms with Crippen LogP contribution in [0.5, 0.6) is 0 Å². The number of hydrogen-bond acceptors (Lipinski definition) is 7. The Kier molecular flexibility index (Phi) is 8.02. The largest absolute Gasteiger partial charge is 0.378 e. The van der Waals surface area contributed by atoms with Crippen LogP contribution in [0.4, 0.5) is 5.82 Å². The van der Waals surface area contributed by atoms with Gasteiger partial charge >= 0.3 is 0 Å². The van der Waals surface area contributed by atoms with Crippen molar-refractivity contribution in [3.8, 4) is 0 Å².